The highest BCUT2D eigenvalue weighted by molar-refractivity contribution is 6.31. The average Bonchev–Trinajstić information content (AvgIpc) is 3.11. The van der Waals surface area contributed by atoms with Gasteiger partial charge in [0.15, 0.2) is 0 Å². The largest absolute Gasteiger partial charge is 0.310 e. The van der Waals surface area contributed by atoms with Crippen molar-refractivity contribution in [3.05, 3.63) is 183 Å². The molecular weight excluding hydrogens is 626 g/mol. The monoisotopic (exact) mass is 671 g/mol. The Hall–Kier alpha value is -4.59. The van der Waals surface area contributed by atoms with Crippen LogP contribution in [0.5, 0.6) is 0 Å². The fourth-order valence-electron chi connectivity index (χ4n) is 9.14. The van der Waals surface area contributed by atoms with Crippen LogP contribution in [0.2, 0.25) is 5.02 Å². The molecule has 0 saturated heterocycles. The fourth-order valence-corrected chi connectivity index (χ4v) is 9.37. The summed E-state index contributed by atoms with van der Waals surface area (Å²) in [6, 6.07) is 49.3. The van der Waals surface area contributed by atoms with Crippen LogP contribution in [0.3, 0.4) is 0 Å². The number of hydrogen-bond acceptors (Lipinski definition) is 1. The van der Waals surface area contributed by atoms with Gasteiger partial charge in [-0.15, -0.1) is 0 Å². The Morgan fingerprint density at radius 2 is 0.720 bits per heavy atom. The third kappa shape index (κ3) is 4.81. The van der Waals surface area contributed by atoms with E-state index in [0.29, 0.717) is 5.02 Å². The zero-order valence-electron chi connectivity index (χ0n) is 30.5. The van der Waals surface area contributed by atoms with Gasteiger partial charge in [-0.2, -0.15) is 0 Å². The van der Waals surface area contributed by atoms with E-state index in [0.717, 1.165) is 28.2 Å². The minimum Gasteiger partial charge on any atom is -0.310 e. The molecular formula is C48H46ClN. The number of benzene rings is 6. The van der Waals surface area contributed by atoms with Gasteiger partial charge in [0.05, 0.1) is 0 Å². The molecule has 0 fully saturated rings. The average molecular weight is 672 g/mol. The molecule has 0 unspecified atom stereocenters. The molecule has 2 aliphatic rings. The molecule has 250 valence electrons. The normalized spacial score (nSPS) is 17.1. The first-order valence-corrected chi connectivity index (χ1v) is 18.3. The maximum atomic E-state index is 7.00. The molecule has 8 rings (SSSR count). The zero-order valence-corrected chi connectivity index (χ0v) is 31.3. The van der Waals surface area contributed by atoms with E-state index in [1.165, 1.54) is 44.5 Å². The highest BCUT2D eigenvalue weighted by Gasteiger charge is 2.43. The molecule has 0 atom stereocenters. The summed E-state index contributed by atoms with van der Waals surface area (Å²) in [4.78, 5) is 2.42. The standard InChI is InChI=1S/C48H46ClN/c1-45(2)37-18-12-14-20-39(37)47(5,6)43-29-34(22-24-41(43)45)50(36-27-32(26-33(49)28-36)31-16-10-9-11-17-31)35-23-25-42-44(30-35)48(7,8)40-21-15-13-19-38(40)46(42,3)4/h9-30H,1-8H3. The molecule has 0 aliphatic heterocycles. The lowest BCUT2D eigenvalue weighted by atomic mass is 9.60. The molecule has 50 heavy (non-hydrogen) atoms. The Bertz CT molecular complexity index is 2170. The van der Waals surface area contributed by atoms with E-state index < -0.39 is 0 Å². The number of anilines is 3. The Morgan fingerprint density at radius 3 is 1.16 bits per heavy atom. The van der Waals surface area contributed by atoms with Gasteiger partial charge in [0.1, 0.15) is 0 Å². The fraction of sp³-hybridized carbons (Fsp3) is 0.250. The van der Waals surface area contributed by atoms with E-state index in [1.807, 2.05) is 0 Å². The molecule has 0 spiro atoms. The van der Waals surface area contributed by atoms with E-state index in [4.69, 9.17) is 11.6 Å². The second-order valence-corrected chi connectivity index (χ2v) is 16.9. The summed E-state index contributed by atoms with van der Waals surface area (Å²) >= 11 is 7.00. The molecule has 6 aromatic rings. The lowest BCUT2D eigenvalue weighted by Gasteiger charge is -2.45. The molecule has 0 N–H and O–H groups in total. The molecule has 2 aliphatic carbocycles. The first-order chi connectivity index (χ1) is 23.7. The van der Waals surface area contributed by atoms with Gasteiger partial charge >= 0.3 is 0 Å². The molecule has 0 saturated carbocycles. The maximum Gasteiger partial charge on any atom is 0.0482 e. The Balaban J connectivity index is 1.37. The molecule has 2 heteroatoms. The quantitative estimate of drug-likeness (QED) is 0.180. The maximum absolute atomic E-state index is 7.00. The number of rotatable bonds is 4. The lowest BCUT2D eigenvalue weighted by Crippen LogP contribution is -2.37. The summed E-state index contributed by atoms with van der Waals surface area (Å²) in [5.74, 6) is 0. The first kappa shape index (κ1) is 32.6. The predicted molar refractivity (Wildman–Crippen MR) is 213 cm³/mol. The van der Waals surface area contributed by atoms with Gasteiger partial charge in [0, 0.05) is 43.7 Å². The van der Waals surface area contributed by atoms with Crippen molar-refractivity contribution in [2.75, 3.05) is 4.90 Å². The van der Waals surface area contributed by atoms with Crippen LogP contribution in [0, 0.1) is 0 Å². The summed E-state index contributed by atoms with van der Waals surface area (Å²) in [5, 5.41) is 0.716. The van der Waals surface area contributed by atoms with Crippen molar-refractivity contribution in [2.24, 2.45) is 0 Å². The number of fused-ring (bicyclic) bond motifs is 4. The van der Waals surface area contributed by atoms with Crippen LogP contribution in [0.25, 0.3) is 11.1 Å². The van der Waals surface area contributed by atoms with Crippen LogP contribution in [-0.4, -0.2) is 0 Å². The van der Waals surface area contributed by atoms with Crippen LogP contribution in [0.1, 0.15) is 99.9 Å². The van der Waals surface area contributed by atoms with Crippen LogP contribution in [0.15, 0.2) is 133 Å². The van der Waals surface area contributed by atoms with Gasteiger partial charge in [-0.1, -0.05) is 158 Å². The molecule has 0 bridgehead atoms. The van der Waals surface area contributed by atoms with Gasteiger partial charge < -0.3 is 4.90 Å². The highest BCUT2D eigenvalue weighted by Crippen LogP contribution is 2.54. The second-order valence-electron chi connectivity index (χ2n) is 16.5. The van der Waals surface area contributed by atoms with Crippen molar-refractivity contribution in [3.8, 4) is 11.1 Å². The molecule has 6 aromatic carbocycles. The Morgan fingerprint density at radius 1 is 0.340 bits per heavy atom. The molecule has 0 amide bonds. The van der Waals surface area contributed by atoms with Crippen molar-refractivity contribution in [3.63, 3.8) is 0 Å². The second kappa shape index (κ2) is 11.2. The van der Waals surface area contributed by atoms with Gasteiger partial charge in [-0.3, -0.25) is 0 Å². The van der Waals surface area contributed by atoms with E-state index in [-0.39, 0.29) is 21.7 Å². The van der Waals surface area contributed by atoms with E-state index >= 15 is 0 Å². The number of hydrogen-bond donors (Lipinski definition) is 0. The zero-order chi connectivity index (χ0) is 35.2. The molecule has 0 radical (unpaired) electrons. The van der Waals surface area contributed by atoms with Gasteiger partial charge in [0.2, 0.25) is 0 Å². The van der Waals surface area contributed by atoms with Crippen molar-refractivity contribution in [1.82, 2.24) is 0 Å². The summed E-state index contributed by atoms with van der Waals surface area (Å²) in [5.41, 5.74) is 16.1. The van der Waals surface area contributed by atoms with Crippen molar-refractivity contribution in [2.45, 2.75) is 77.0 Å². The lowest BCUT2D eigenvalue weighted by molar-refractivity contribution is 0.520. The smallest absolute Gasteiger partial charge is 0.0482 e. The van der Waals surface area contributed by atoms with Crippen molar-refractivity contribution >= 4 is 28.7 Å². The Labute approximate surface area is 303 Å². The molecule has 0 aromatic heterocycles. The van der Waals surface area contributed by atoms with Crippen LogP contribution < -0.4 is 4.90 Å². The minimum atomic E-state index is -0.168. The summed E-state index contributed by atoms with van der Waals surface area (Å²) in [6.45, 7) is 19.0. The summed E-state index contributed by atoms with van der Waals surface area (Å²) in [6.07, 6.45) is 0. The van der Waals surface area contributed by atoms with Gasteiger partial charge in [-0.25, -0.2) is 0 Å². The van der Waals surface area contributed by atoms with Crippen LogP contribution >= 0.6 is 11.6 Å². The van der Waals surface area contributed by atoms with Gasteiger partial charge in [-0.05, 0) is 98.1 Å². The summed E-state index contributed by atoms with van der Waals surface area (Å²) in [7, 11) is 0. The van der Waals surface area contributed by atoms with E-state index in [1.54, 1.807) is 0 Å². The topological polar surface area (TPSA) is 3.24 Å². The minimum absolute atomic E-state index is 0.115. The van der Waals surface area contributed by atoms with Crippen molar-refractivity contribution < 1.29 is 0 Å². The third-order valence-electron chi connectivity index (χ3n) is 12.0. The van der Waals surface area contributed by atoms with Crippen LogP contribution in [-0.2, 0) is 21.7 Å². The number of nitrogens with zero attached hydrogens (tertiary/aromatic N) is 1. The SMILES string of the molecule is CC1(C)c2ccccc2C(C)(C)c2cc(N(c3cc(Cl)cc(-c4ccccc4)c3)c3ccc4c(c3)C(C)(C)c3ccccc3C4(C)C)ccc21. The van der Waals surface area contributed by atoms with Crippen molar-refractivity contribution in [1.29, 1.82) is 0 Å². The summed E-state index contributed by atoms with van der Waals surface area (Å²) < 4.78 is 0. The first-order valence-electron chi connectivity index (χ1n) is 17.9. The predicted octanol–water partition coefficient (Wildman–Crippen LogP) is 13.4. The molecule has 1 nitrogen and oxygen atoms in total. The van der Waals surface area contributed by atoms with Crippen LogP contribution in [0.4, 0.5) is 17.1 Å². The van der Waals surface area contributed by atoms with E-state index in [9.17, 15) is 0 Å². The Kier molecular flexibility index (Phi) is 7.31. The third-order valence-corrected chi connectivity index (χ3v) is 12.2. The van der Waals surface area contributed by atoms with Gasteiger partial charge in [0.25, 0.3) is 0 Å². The highest BCUT2D eigenvalue weighted by atomic mass is 35.5. The van der Waals surface area contributed by atoms with E-state index in [2.05, 4.69) is 194 Å². The molecule has 0 heterocycles. The number of halogens is 1.